The van der Waals surface area contributed by atoms with Gasteiger partial charge in [0.05, 0.1) is 18.4 Å². The maximum atomic E-state index is 12.3. The summed E-state index contributed by atoms with van der Waals surface area (Å²) in [4.78, 5) is 16.8. The van der Waals surface area contributed by atoms with Gasteiger partial charge in [-0.05, 0) is 38.0 Å². The molecule has 1 aromatic carbocycles. The zero-order chi connectivity index (χ0) is 18.7. The van der Waals surface area contributed by atoms with E-state index in [1.807, 2.05) is 49.8 Å². The van der Waals surface area contributed by atoms with E-state index < -0.39 is 0 Å². The summed E-state index contributed by atoms with van der Waals surface area (Å²) in [6.45, 7) is 4.52. The van der Waals surface area contributed by atoms with Crippen LogP contribution in [0.25, 0.3) is 10.6 Å². The van der Waals surface area contributed by atoms with E-state index in [4.69, 9.17) is 4.74 Å². The van der Waals surface area contributed by atoms with Gasteiger partial charge in [0.15, 0.2) is 0 Å². The number of thiazole rings is 1. The smallest absolute Gasteiger partial charge is 0.270 e. The molecule has 3 rings (SSSR count). The lowest BCUT2D eigenvalue weighted by Crippen LogP contribution is -2.25. The number of methoxy groups -OCH3 is 1. The average molecular weight is 370 g/mol. The van der Waals surface area contributed by atoms with Crippen molar-refractivity contribution in [3.05, 3.63) is 52.3 Å². The molecule has 0 aliphatic carbocycles. The maximum absolute atomic E-state index is 12.3. The number of carbonyl (C=O) groups excluding carboxylic acids is 1. The summed E-state index contributed by atoms with van der Waals surface area (Å²) in [7, 11) is 3.55. The summed E-state index contributed by atoms with van der Waals surface area (Å²) in [5, 5.41) is 9.96. The van der Waals surface area contributed by atoms with Crippen molar-refractivity contribution in [2.45, 2.75) is 20.3 Å². The van der Waals surface area contributed by atoms with Crippen molar-refractivity contribution in [1.82, 2.24) is 20.1 Å². The Morgan fingerprint density at radius 1 is 1.27 bits per heavy atom. The second-order valence-corrected chi connectivity index (χ2v) is 6.92. The Kier molecular flexibility index (Phi) is 5.37. The standard InChI is InChI=1S/C19H22N4O2S/c1-12-17(13(2)23(3)22-12)19-21-16(11-26-19)18(24)20-10-9-14-5-7-15(25-4)8-6-14/h5-8,11H,9-10H2,1-4H3,(H,20,24). The lowest BCUT2D eigenvalue weighted by atomic mass is 10.1. The molecule has 3 aromatic rings. The van der Waals surface area contributed by atoms with E-state index in [2.05, 4.69) is 15.4 Å². The molecule has 2 heterocycles. The SMILES string of the molecule is COc1ccc(CCNC(=O)c2csc(-c3c(C)nn(C)c3C)n2)cc1. The van der Waals surface area contributed by atoms with E-state index in [0.29, 0.717) is 12.2 Å². The predicted octanol–water partition coefficient (Wildman–Crippen LogP) is 3.14. The predicted molar refractivity (Wildman–Crippen MR) is 103 cm³/mol. The van der Waals surface area contributed by atoms with Crippen LogP contribution >= 0.6 is 11.3 Å². The topological polar surface area (TPSA) is 69.0 Å². The van der Waals surface area contributed by atoms with Crippen molar-refractivity contribution in [2.24, 2.45) is 7.05 Å². The van der Waals surface area contributed by atoms with Gasteiger partial charge in [-0.2, -0.15) is 5.10 Å². The Morgan fingerprint density at radius 3 is 2.62 bits per heavy atom. The molecule has 0 aliphatic rings. The molecule has 0 atom stereocenters. The summed E-state index contributed by atoms with van der Waals surface area (Å²) in [5.74, 6) is 0.675. The Hall–Kier alpha value is -2.67. The van der Waals surface area contributed by atoms with Gasteiger partial charge in [0.25, 0.3) is 5.91 Å². The molecule has 0 spiro atoms. The molecule has 0 bridgehead atoms. The van der Waals surface area contributed by atoms with Crippen molar-refractivity contribution in [3.63, 3.8) is 0 Å². The highest BCUT2D eigenvalue weighted by molar-refractivity contribution is 7.13. The number of hydrogen-bond donors (Lipinski definition) is 1. The number of nitrogens with zero attached hydrogens (tertiary/aromatic N) is 3. The fraction of sp³-hybridized carbons (Fsp3) is 0.316. The van der Waals surface area contributed by atoms with E-state index >= 15 is 0 Å². The molecule has 136 valence electrons. The molecule has 26 heavy (non-hydrogen) atoms. The van der Waals surface area contributed by atoms with Crippen LogP contribution in [0.4, 0.5) is 0 Å². The monoisotopic (exact) mass is 370 g/mol. The van der Waals surface area contributed by atoms with Gasteiger partial charge in [-0.1, -0.05) is 12.1 Å². The Morgan fingerprint density at radius 2 is 2.00 bits per heavy atom. The van der Waals surface area contributed by atoms with E-state index in [0.717, 1.165) is 39.7 Å². The number of aryl methyl sites for hydroxylation is 2. The van der Waals surface area contributed by atoms with Gasteiger partial charge in [0.2, 0.25) is 0 Å². The molecule has 0 radical (unpaired) electrons. The van der Waals surface area contributed by atoms with Gasteiger partial charge in [0.1, 0.15) is 16.5 Å². The first-order valence-corrected chi connectivity index (χ1v) is 9.24. The van der Waals surface area contributed by atoms with Crippen molar-refractivity contribution in [3.8, 4) is 16.3 Å². The molecule has 2 aromatic heterocycles. The lowest BCUT2D eigenvalue weighted by Gasteiger charge is -2.05. The van der Waals surface area contributed by atoms with Gasteiger partial charge in [0, 0.05) is 24.7 Å². The minimum Gasteiger partial charge on any atom is -0.497 e. The van der Waals surface area contributed by atoms with Gasteiger partial charge in [-0.3, -0.25) is 9.48 Å². The van der Waals surface area contributed by atoms with Crippen LogP contribution in [0.5, 0.6) is 5.75 Å². The molecule has 0 saturated heterocycles. The lowest BCUT2D eigenvalue weighted by molar-refractivity contribution is 0.0950. The molecule has 1 amide bonds. The van der Waals surface area contributed by atoms with Crippen LogP contribution in [0, 0.1) is 13.8 Å². The third-order valence-corrected chi connectivity index (χ3v) is 5.18. The molecule has 0 unspecified atom stereocenters. The highest BCUT2D eigenvalue weighted by atomic mass is 32.1. The number of nitrogens with one attached hydrogen (secondary N) is 1. The maximum Gasteiger partial charge on any atom is 0.270 e. The molecule has 1 N–H and O–H groups in total. The fourth-order valence-electron chi connectivity index (χ4n) is 2.78. The zero-order valence-electron chi connectivity index (χ0n) is 15.4. The minimum atomic E-state index is -0.153. The average Bonchev–Trinajstić information content (AvgIpc) is 3.20. The number of hydrogen-bond acceptors (Lipinski definition) is 5. The van der Waals surface area contributed by atoms with E-state index in [-0.39, 0.29) is 5.91 Å². The highest BCUT2D eigenvalue weighted by Gasteiger charge is 2.17. The van der Waals surface area contributed by atoms with Gasteiger partial charge < -0.3 is 10.1 Å². The first-order chi connectivity index (χ1) is 12.5. The number of rotatable bonds is 6. The van der Waals surface area contributed by atoms with Crippen molar-refractivity contribution in [2.75, 3.05) is 13.7 Å². The Balaban J connectivity index is 1.61. The first-order valence-electron chi connectivity index (χ1n) is 8.37. The van der Waals surface area contributed by atoms with Crippen molar-refractivity contribution in [1.29, 1.82) is 0 Å². The molecule has 0 saturated carbocycles. The molecular weight excluding hydrogens is 348 g/mol. The van der Waals surface area contributed by atoms with Crippen LogP contribution in [0.1, 0.15) is 27.4 Å². The van der Waals surface area contributed by atoms with Crippen LogP contribution in [0.3, 0.4) is 0 Å². The second kappa shape index (κ2) is 7.70. The molecular formula is C19H22N4O2S. The summed E-state index contributed by atoms with van der Waals surface area (Å²) < 4.78 is 6.98. The summed E-state index contributed by atoms with van der Waals surface area (Å²) in [6, 6.07) is 7.84. The summed E-state index contributed by atoms with van der Waals surface area (Å²) in [6.07, 6.45) is 0.757. The number of ether oxygens (including phenoxy) is 1. The Labute approximate surface area is 156 Å². The van der Waals surface area contributed by atoms with Crippen LogP contribution in [0.2, 0.25) is 0 Å². The van der Waals surface area contributed by atoms with Crippen LogP contribution in [-0.2, 0) is 13.5 Å². The van der Waals surface area contributed by atoms with Crippen molar-refractivity contribution < 1.29 is 9.53 Å². The Bertz CT molecular complexity index is 912. The van der Waals surface area contributed by atoms with Crippen molar-refractivity contribution >= 4 is 17.2 Å². The third-order valence-electron chi connectivity index (χ3n) is 4.32. The number of amides is 1. The fourth-order valence-corrected chi connectivity index (χ4v) is 3.73. The summed E-state index contributed by atoms with van der Waals surface area (Å²) in [5.41, 5.74) is 4.57. The summed E-state index contributed by atoms with van der Waals surface area (Å²) >= 11 is 1.47. The largest absolute Gasteiger partial charge is 0.497 e. The molecule has 0 fully saturated rings. The molecule has 6 nitrogen and oxygen atoms in total. The number of aromatic nitrogens is 3. The van der Waals surface area contributed by atoms with E-state index in [1.54, 1.807) is 12.5 Å². The highest BCUT2D eigenvalue weighted by Crippen LogP contribution is 2.29. The first kappa shape index (κ1) is 18.1. The van der Waals surface area contributed by atoms with Gasteiger partial charge >= 0.3 is 0 Å². The van der Waals surface area contributed by atoms with Crippen LogP contribution in [0.15, 0.2) is 29.6 Å². The van der Waals surface area contributed by atoms with E-state index in [1.165, 1.54) is 11.3 Å². The minimum absolute atomic E-state index is 0.153. The third kappa shape index (κ3) is 3.77. The van der Waals surface area contributed by atoms with E-state index in [9.17, 15) is 4.79 Å². The van der Waals surface area contributed by atoms with Gasteiger partial charge in [-0.15, -0.1) is 11.3 Å². The zero-order valence-corrected chi connectivity index (χ0v) is 16.2. The normalized spacial score (nSPS) is 10.8. The molecule has 0 aliphatic heterocycles. The molecule has 7 heteroatoms. The number of benzene rings is 1. The number of carbonyl (C=O) groups is 1. The quantitative estimate of drug-likeness (QED) is 0.724. The van der Waals surface area contributed by atoms with Crippen LogP contribution in [-0.4, -0.2) is 34.3 Å². The van der Waals surface area contributed by atoms with Crippen LogP contribution < -0.4 is 10.1 Å². The second-order valence-electron chi connectivity index (χ2n) is 6.06. The van der Waals surface area contributed by atoms with Gasteiger partial charge in [-0.25, -0.2) is 4.98 Å².